The van der Waals surface area contributed by atoms with Gasteiger partial charge in [-0.05, 0) is 32.9 Å². The summed E-state index contributed by atoms with van der Waals surface area (Å²) in [4.78, 5) is 11.0. The van der Waals surface area contributed by atoms with Gasteiger partial charge >= 0.3 is 0 Å². The molecular weight excluding hydrogens is 248 g/mol. The number of rotatable bonds is 5. The van der Waals surface area contributed by atoms with E-state index in [1.54, 1.807) is 12.1 Å². The number of hydrogen-bond acceptors (Lipinski definition) is 5. The van der Waals surface area contributed by atoms with Crippen molar-refractivity contribution in [2.75, 3.05) is 14.2 Å². The summed E-state index contributed by atoms with van der Waals surface area (Å²) >= 11 is 0. The first-order chi connectivity index (χ1) is 8.82. The average Bonchev–Trinajstić information content (AvgIpc) is 2.34. The quantitative estimate of drug-likeness (QED) is 0.656. The zero-order chi connectivity index (χ0) is 14.6. The van der Waals surface area contributed by atoms with E-state index in [0.29, 0.717) is 28.9 Å². The first-order valence-electron chi connectivity index (χ1n) is 5.89. The first kappa shape index (κ1) is 15.5. The van der Waals surface area contributed by atoms with Gasteiger partial charge in [0, 0.05) is 5.56 Å². The predicted molar refractivity (Wildman–Crippen MR) is 70.7 cm³/mol. The molecule has 106 valence electrons. The highest BCUT2D eigenvalue weighted by Gasteiger charge is 2.21. The van der Waals surface area contributed by atoms with Gasteiger partial charge in [-0.2, -0.15) is 0 Å². The Morgan fingerprint density at radius 3 is 1.95 bits per heavy atom. The molecule has 5 nitrogen and oxygen atoms in total. The van der Waals surface area contributed by atoms with Crippen molar-refractivity contribution in [1.29, 1.82) is 0 Å². The van der Waals surface area contributed by atoms with Crippen LogP contribution >= 0.6 is 0 Å². The fourth-order valence-corrected chi connectivity index (χ4v) is 1.62. The third-order valence-corrected chi connectivity index (χ3v) is 2.43. The number of carbonyl (C=O) groups excluding carboxylic acids is 1. The van der Waals surface area contributed by atoms with Crippen LogP contribution in [0.2, 0.25) is 0 Å². The van der Waals surface area contributed by atoms with Gasteiger partial charge in [-0.25, -0.2) is 0 Å². The van der Waals surface area contributed by atoms with Gasteiger partial charge < -0.3 is 19.3 Å². The summed E-state index contributed by atoms with van der Waals surface area (Å²) in [6.45, 7) is 5.51. The second kappa shape index (κ2) is 6.04. The number of methoxy groups -OCH3 is 2. The van der Waals surface area contributed by atoms with Gasteiger partial charge in [0.2, 0.25) is 0 Å². The summed E-state index contributed by atoms with van der Waals surface area (Å²) in [6.07, 6.45) is -0.471. The maximum absolute atomic E-state index is 11.0. The van der Waals surface area contributed by atoms with Gasteiger partial charge in [-0.15, -0.1) is 0 Å². The van der Waals surface area contributed by atoms with E-state index in [9.17, 15) is 9.90 Å². The minimum atomic E-state index is -1.12. The fourth-order valence-electron chi connectivity index (χ4n) is 1.62. The van der Waals surface area contributed by atoms with E-state index in [0.717, 1.165) is 0 Å². The lowest BCUT2D eigenvalue weighted by atomic mass is 10.1. The van der Waals surface area contributed by atoms with Gasteiger partial charge in [0.25, 0.3) is 0 Å². The van der Waals surface area contributed by atoms with Gasteiger partial charge in [-0.3, -0.25) is 4.79 Å². The van der Waals surface area contributed by atoms with Crippen molar-refractivity contribution in [2.24, 2.45) is 0 Å². The maximum atomic E-state index is 11.0. The molecule has 0 amide bonds. The summed E-state index contributed by atoms with van der Waals surface area (Å²) < 4.78 is 15.7. The minimum absolute atomic E-state index is 0.303. The molecule has 0 heterocycles. The Morgan fingerprint density at radius 1 is 1.16 bits per heavy atom. The van der Waals surface area contributed by atoms with Crippen LogP contribution in [0.1, 0.15) is 43.0 Å². The zero-order valence-electron chi connectivity index (χ0n) is 11.9. The van der Waals surface area contributed by atoms with E-state index in [2.05, 4.69) is 0 Å². The van der Waals surface area contributed by atoms with Gasteiger partial charge in [-0.1, -0.05) is 0 Å². The molecule has 0 aromatic heterocycles. The molecule has 0 bridgehead atoms. The van der Waals surface area contributed by atoms with Crippen LogP contribution in [0.4, 0.5) is 0 Å². The van der Waals surface area contributed by atoms with Gasteiger partial charge in [0.05, 0.1) is 25.4 Å². The molecule has 0 saturated heterocycles. The summed E-state index contributed by atoms with van der Waals surface area (Å²) in [7, 11) is 2.89. The second-order valence-corrected chi connectivity index (χ2v) is 5.04. The third kappa shape index (κ3) is 3.94. The van der Waals surface area contributed by atoms with Crippen molar-refractivity contribution in [3.63, 3.8) is 0 Å². The molecule has 0 spiro atoms. The van der Waals surface area contributed by atoms with E-state index < -0.39 is 11.9 Å². The molecule has 0 aliphatic heterocycles. The van der Waals surface area contributed by atoms with Crippen LogP contribution in [0.5, 0.6) is 11.5 Å². The number of hydrogen-bond donors (Lipinski definition) is 1. The molecule has 1 N–H and O–H groups in total. The van der Waals surface area contributed by atoms with E-state index in [1.807, 2.05) is 20.8 Å². The van der Waals surface area contributed by atoms with Crippen molar-refractivity contribution in [2.45, 2.75) is 32.7 Å². The van der Waals surface area contributed by atoms with Crippen molar-refractivity contribution in [1.82, 2.24) is 0 Å². The van der Waals surface area contributed by atoms with Crippen LogP contribution in [-0.4, -0.2) is 31.2 Å². The summed E-state index contributed by atoms with van der Waals surface area (Å²) in [5.74, 6) is 0.668. The van der Waals surface area contributed by atoms with Crippen LogP contribution in [-0.2, 0) is 4.74 Å². The van der Waals surface area contributed by atoms with Crippen LogP contribution in [0.25, 0.3) is 0 Å². The molecular formula is C14H20O5. The Bertz CT molecular complexity index is 423. The number of aliphatic hydroxyl groups is 1. The van der Waals surface area contributed by atoms with Crippen LogP contribution in [0, 0.1) is 0 Å². The van der Waals surface area contributed by atoms with E-state index in [1.165, 1.54) is 14.2 Å². The number of benzene rings is 1. The molecule has 1 rings (SSSR count). The van der Waals surface area contributed by atoms with Crippen molar-refractivity contribution in [3.8, 4) is 11.5 Å². The number of aldehydes is 1. The smallest absolute Gasteiger partial charge is 0.182 e. The summed E-state index contributed by atoms with van der Waals surface area (Å²) in [5, 5.41) is 10.0. The maximum Gasteiger partial charge on any atom is 0.182 e. The number of aliphatic hydroxyl groups excluding tert-OH is 1. The third-order valence-electron chi connectivity index (χ3n) is 2.43. The largest absolute Gasteiger partial charge is 0.496 e. The van der Waals surface area contributed by atoms with E-state index in [-0.39, 0.29) is 0 Å². The Labute approximate surface area is 113 Å². The summed E-state index contributed by atoms with van der Waals surface area (Å²) in [5.41, 5.74) is 0.273. The Balaban J connectivity index is 3.19. The molecule has 0 radical (unpaired) electrons. The standard InChI is InChI=1S/C14H20O5/c1-14(2,3)19-13(16)9-6-11(17-4)10(8-15)12(7-9)18-5/h6-8,13,16H,1-5H3. The fraction of sp³-hybridized carbons (Fsp3) is 0.500. The molecule has 0 fully saturated rings. The molecule has 1 aromatic rings. The Morgan fingerprint density at radius 2 is 1.63 bits per heavy atom. The van der Waals surface area contributed by atoms with Crippen LogP contribution in [0.15, 0.2) is 12.1 Å². The molecule has 5 heteroatoms. The molecule has 0 aliphatic rings. The molecule has 1 unspecified atom stereocenters. The highest BCUT2D eigenvalue weighted by atomic mass is 16.6. The monoisotopic (exact) mass is 268 g/mol. The van der Waals surface area contributed by atoms with E-state index in [4.69, 9.17) is 14.2 Å². The molecule has 1 aromatic carbocycles. The average molecular weight is 268 g/mol. The van der Waals surface area contributed by atoms with Crippen LogP contribution in [0.3, 0.4) is 0 Å². The molecule has 19 heavy (non-hydrogen) atoms. The van der Waals surface area contributed by atoms with Crippen molar-refractivity contribution in [3.05, 3.63) is 23.3 Å². The molecule has 0 aliphatic carbocycles. The minimum Gasteiger partial charge on any atom is -0.496 e. The second-order valence-electron chi connectivity index (χ2n) is 5.04. The normalized spacial score (nSPS) is 12.9. The van der Waals surface area contributed by atoms with Crippen LogP contribution < -0.4 is 9.47 Å². The Hall–Kier alpha value is -1.59. The van der Waals surface area contributed by atoms with E-state index >= 15 is 0 Å². The van der Waals surface area contributed by atoms with Crippen molar-refractivity contribution >= 4 is 6.29 Å². The van der Waals surface area contributed by atoms with Crippen molar-refractivity contribution < 1.29 is 24.1 Å². The highest BCUT2D eigenvalue weighted by Crippen LogP contribution is 2.33. The zero-order valence-corrected chi connectivity index (χ0v) is 11.9. The predicted octanol–water partition coefficient (Wildman–Crippen LogP) is 2.32. The molecule has 1 atom stereocenters. The lowest BCUT2D eigenvalue weighted by molar-refractivity contribution is -0.169. The van der Waals surface area contributed by atoms with Gasteiger partial charge in [0.15, 0.2) is 12.6 Å². The molecule has 0 saturated carbocycles. The topological polar surface area (TPSA) is 65.0 Å². The highest BCUT2D eigenvalue weighted by molar-refractivity contribution is 5.84. The first-order valence-corrected chi connectivity index (χ1v) is 5.89. The number of ether oxygens (including phenoxy) is 3. The lowest BCUT2D eigenvalue weighted by Gasteiger charge is -2.25. The Kier molecular flexibility index (Phi) is 4.91. The lowest BCUT2D eigenvalue weighted by Crippen LogP contribution is -2.22. The SMILES string of the molecule is COc1cc(C(O)OC(C)(C)C)cc(OC)c1C=O. The number of carbonyl (C=O) groups is 1. The van der Waals surface area contributed by atoms with Gasteiger partial charge in [0.1, 0.15) is 11.5 Å². The summed E-state index contributed by atoms with van der Waals surface area (Å²) in [6, 6.07) is 3.12.